The lowest BCUT2D eigenvalue weighted by Gasteiger charge is -2.02. The quantitative estimate of drug-likeness (QED) is 0.753. The maximum absolute atomic E-state index is 12.8. The lowest BCUT2D eigenvalue weighted by molar-refractivity contribution is 0.786. The molecular formula is C19H20N2O. The number of benzene rings is 2. The number of nitrogens with one attached hydrogen (secondary N) is 1. The number of hydrogen-bond donors (Lipinski definition) is 1. The predicted octanol–water partition coefficient (Wildman–Crippen LogP) is 4.18. The third kappa shape index (κ3) is 2.75. The maximum Gasteiger partial charge on any atom is 0.275 e. The molecule has 3 aromatic rings. The first kappa shape index (κ1) is 14.4. The number of unbranched alkanes of at least 4 members (excludes halogenated alkanes) is 1. The van der Waals surface area contributed by atoms with Crippen LogP contribution in [0.1, 0.15) is 25.3 Å². The van der Waals surface area contributed by atoms with E-state index < -0.39 is 0 Å². The number of H-pyrrole nitrogens is 1. The van der Waals surface area contributed by atoms with E-state index in [1.807, 2.05) is 60.7 Å². The van der Waals surface area contributed by atoms with Gasteiger partial charge in [0.2, 0.25) is 0 Å². The SMILES string of the molecule is CCCCc1c(-c2ccccc2)[nH]n(-c2ccccc2)c1=O. The molecule has 0 saturated carbocycles. The van der Waals surface area contributed by atoms with Gasteiger partial charge in [-0.05, 0) is 30.5 Å². The highest BCUT2D eigenvalue weighted by atomic mass is 16.1. The molecule has 3 nitrogen and oxygen atoms in total. The van der Waals surface area contributed by atoms with Crippen molar-refractivity contribution < 1.29 is 0 Å². The van der Waals surface area contributed by atoms with Crippen LogP contribution in [-0.2, 0) is 6.42 Å². The Morgan fingerprint density at radius 2 is 1.59 bits per heavy atom. The van der Waals surface area contributed by atoms with Gasteiger partial charge in [-0.2, -0.15) is 0 Å². The summed E-state index contributed by atoms with van der Waals surface area (Å²) in [5.41, 5.74) is 3.78. The molecule has 0 aliphatic rings. The Morgan fingerprint density at radius 1 is 0.955 bits per heavy atom. The third-order valence-corrected chi connectivity index (χ3v) is 3.84. The first-order valence-electron chi connectivity index (χ1n) is 7.76. The predicted molar refractivity (Wildman–Crippen MR) is 90.4 cm³/mol. The molecule has 112 valence electrons. The van der Waals surface area contributed by atoms with Crippen LogP contribution in [0.25, 0.3) is 16.9 Å². The van der Waals surface area contributed by atoms with Crippen LogP contribution in [0.4, 0.5) is 0 Å². The molecule has 22 heavy (non-hydrogen) atoms. The summed E-state index contributed by atoms with van der Waals surface area (Å²) in [6.07, 6.45) is 2.89. The largest absolute Gasteiger partial charge is 0.290 e. The Bertz CT molecular complexity index is 785. The van der Waals surface area contributed by atoms with Crippen molar-refractivity contribution in [1.82, 2.24) is 9.78 Å². The van der Waals surface area contributed by atoms with Gasteiger partial charge >= 0.3 is 0 Å². The standard InChI is InChI=1S/C19H20N2O/c1-2-3-14-17-18(15-10-6-4-7-11-15)20-21(19(17)22)16-12-8-5-9-13-16/h4-13,20H,2-3,14H2,1H3. The topological polar surface area (TPSA) is 37.8 Å². The van der Waals surface area contributed by atoms with Crippen molar-refractivity contribution in [1.29, 1.82) is 0 Å². The summed E-state index contributed by atoms with van der Waals surface area (Å²) in [6.45, 7) is 2.14. The monoisotopic (exact) mass is 292 g/mol. The highest BCUT2D eigenvalue weighted by Crippen LogP contribution is 2.21. The fourth-order valence-electron chi connectivity index (χ4n) is 2.66. The van der Waals surface area contributed by atoms with Crippen molar-refractivity contribution in [2.24, 2.45) is 0 Å². The van der Waals surface area contributed by atoms with Crippen LogP contribution in [-0.4, -0.2) is 9.78 Å². The van der Waals surface area contributed by atoms with Gasteiger partial charge in [0.15, 0.2) is 0 Å². The molecule has 0 bridgehead atoms. The number of rotatable bonds is 5. The van der Waals surface area contributed by atoms with Gasteiger partial charge in [-0.1, -0.05) is 61.9 Å². The Labute approximate surface area is 130 Å². The molecular weight excluding hydrogens is 272 g/mol. The molecule has 1 heterocycles. The highest BCUT2D eigenvalue weighted by Gasteiger charge is 2.15. The average molecular weight is 292 g/mol. The van der Waals surface area contributed by atoms with E-state index >= 15 is 0 Å². The van der Waals surface area contributed by atoms with Gasteiger partial charge in [0.1, 0.15) is 0 Å². The van der Waals surface area contributed by atoms with Gasteiger partial charge < -0.3 is 0 Å². The highest BCUT2D eigenvalue weighted by molar-refractivity contribution is 5.63. The molecule has 0 aliphatic heterocycles. The zero-order valence-corrected chi connectivity index (χ0v) is 12.8. The lowest BCUT2D eigenvalue weighted by Crippen LogP contribution is -2.17. The van der Waals surface area contributed by atoms with Crippen LogP contribution in [0.15, 0.2) is 65.5 Å². The Hall–Kier alpha value is -2.55. The first-order chi connectivity index (χ1) is 10.8. The van der Waals surface area contributed by atoms with Crippen molar-refractivity contribution in [2.45, 2.75) is 26.2 Å². The summed E-state index contributed by atoms with van der Waals surface area (Å²) in [5, 5.41) is 3.30. The van der Waals surface area contributed by atoms with Gasteiger partial charge in [-0.3, -0.25) is 9.89 Å². The van der Waals surface area contributed by atoms with Gasteiger partial charge in [0.25, 0.3) is 5.56 Å². The molecule has 0 fully saturated rings. The Morgan fingerprint density at radius 3 is 2.23 bits per heavy atom. The van der Waals surface area contributed by atoms with E-state index in [4.69, 9.17) is 0 Å². The zero-order valence-electron chi connectivity index (χ0n) is 12.8. The van der Waals surface area contributed by atoms with Gasteiger partial charge in [-0.15, -0.1) is 0 Å². The van der Waals surface area contributed by atoms with E-state index in [9.17, 15) is 4.79 Å². The third-order valence-electron chi connectivity index (χ3n) is 3.84. The lowest BCUT2D eigenvalue weighted by atomic mass is 10.0. The summed E-state index contributed by atoms with van der Waals surface area (Å²) in [5.74, 6) is 0. The van der Waals surface area contributed by atoms with Crippen LogP contribution in [0.5, 0.6) is 0 Å². The van der Waals surface area contributed by atoms with Crippen LogP contribution in [0.3, 0.4) is 0 Å². The van der Waals surface area contributed by atoms with Crippen molar-refractivity contribution in [3.05, 3.63) is 76.6 Å². The van der Waals surface area contributed by atoms with E-state index in [-0.39, 0.29) is 5.56 Å². The summed E-state index contributed by atoms with van der Waals surface area (Å²) in [6, 6.07) is 19.8. The normalized spacial score (nSPS) is 10.8. The smallest absolute Gasteiger partial charge is 0.275 e. The molecule has 2 aromatic carbocycles. The summed E-state index contributed by atoms with van der Waals surface area (Å²) < 4.78 is 1.65. The van der Waals surface area contributed by atoms with Gasteiger partial charge in [0.05, 0.1) is 11.4 Å². The molecule has 0 aliphatic carbocycles. The second-order valence-corrected chi connectivity index (χ2v) is 5.41. The number of para-hydroxylation sites is 1. The molecule has 0 spiro atoms. The maximum atomic E-state index is 12.8. The number of hydrogen-bond acceptors (Lipinski definition) is 1. The van der Waals surface area contributed by atoms with E-state index in [1.54, 1.807) is 4.68 Å². The van der Waals surface area contributed by atoms with Gasteiger partial charge in [0, 0.05) is 5.56 Å². The second kappa shape index (κ2) is 6.48. The van der Waals surface area contributed by atoms with Crippen molar-refractivity contribution >= 4 is 0 Å². The van der Waals surface area contributed by atoms with Crippen LogP contribution in [0, 0.1) is 0 Å². The van der Waals surface area contributed by atoms with Crippen molar-refractivity contribution in [3.8, 4) is 16.9 Å². The number of aromatic amines is 1. The van der Waals surface area contributed by atoms with E-state index in [2.05, 4.69) is 12.0 Å². The first-order valence-corrected chi connectivity index (χ1v) is 7.76. The fraction of sp³-hybridized carbons (Fsp3) is 0.211. The van der Waals surface area contributed by atoms with Crippen LogP contribution in [0.2, 0.25) is 0 Å². The number of nitrogens with zero attached hydrogens (tertiary/aromatic N) is 1. The minimum Gasteiger partial charge on any atom is -0.290 e. The van der Waals surface area contributed by atoms with Crippen LogP contribution < -0.4 is 5.56 Å². The molecule has 3 rings (SSSR count). The summed E-state index contributed by atoms with van der Waals surface area (Å²) in [7, 11) is 0. The summed E-state index contributed by atoms with van der Waals surface area (Å²) >= 11 is 0. The molecule has 3 heteroatoms. The zero-order chi connectivity index (χ0) is 15.4. The van der Waals surface area contributed by atoms with Crippen LogP contribution >= 0.6 is 0 Å². The van der Waals surface area contributed by atoms with Crippen molar-refractivity contribution in [2.75, 3.05) is 0 Å². The molecule has 0 radical (unpaired) electrons. The minimum absolute atomic E-state index is 0.0542. The average Bonchev–Trinajstić information content (AvgIpc) is 2.91. The molecule has 1 N–H and O–H groups in total. The van der Waals surface area contributed by atoms with E-state index in [0.29, 0.717) is 0 Å². The minimum atomic E-state index is 0.0542. The number of aromatic nitrogens is 2. The van der Waals surface area contributed by atoms with Crippen molar-refractivity contribution in [3.63, 3.8) is 0 Å². The van der Waals surface area contributed by atoms with E-state index in [1.165, 1.54) is 0 Å². The molecule has 0 atom stereocenters. The molecule has 0 saturated heterocycles. The summed E-state index contributed by atoms with van der Waals surface area (Å²) in [4.78, 5) is 12.8. The van der Waals surface area contributed by atoms with E-state index in [0.717, 1.165) is 41.8 Å². The molecule has 0 unspecified atom stereocenters. The second-order valence-electron chi connectivity index (χ2n) is 5.41. The molecule has 1 aromatic heterocycles. The fourth-order valence-corrected chi connectivity index (χ4v) is 2.66. The Kier molecular flexibility index (Phi) is 4.24. The molecule has 0 amide bonds. The van der Waals surface area contributed by atoms with Gasteiger partial charge in [-0.25, -0.2) is 4.68 Å². The Balaban J connectivity index is 2.14.